The molecule has 1 unspecified atom stereocenters. The highest BCUT2D eigenvalue weighted by Crippen LogP contribution is 2.36. The third kappa shape index (κ3) is 5.53. The zero-order valence-electron chi connectivity index (χ0n) is 15.1. The van der Waals surface area contributed by atoms with Crippen LogP contribution in [0.5, 0.6) is 0 Å². The van der Waals surface area contributed by atoms with Crippen molar-refractivity contribution in [2.45, 2.75) is 25.6 Å². The highest BCUT2D eigenvalue weighted by Gasteiger charge is 2.34. The fourth-order valence-corrected chi connectivity index (χ4v) is 2.35. The van der Waals surface area contributed by atoms with E-state index in [1.165, 1.54) is 31.4 Å². The molecule has 0 aliphatic rings. The first-order valence-electron chi connectivity index (χ1n) is 8.21. The molecule has 0 aliphatic heterocycles. The Labute approximate surface area is 158 Å². The molecule has 0 aromatic heterocycles. The molecule has 0 fully saturated rings. The molecule has 2 amide bonds. The van der Waals surface area contributed by atoms with Crippen molar-refractivity contribution in [3.05, 3.63) is 59.4 Å². The first-order valence-corrected chi connectivity index (χ1v) is 8.21. The number of hydrogen-bond acceptors (Lipinski definition) is 3. The van der Waals surface area contributed by atoms with E-state index in [0.29, 0.717) is 6.07 Å². The SMILES string of the molecule is COC(C)CC(=O)Nc1ccc(NC(=O)c2ccccc2F)cc1C(F)(F)F. The summed E-state index contributed by atoms with van der Waals surface area (Å²) in [7, 11) is 1.38. The quantitative estimate of drug-likeness (QED) is 0.706. The zero-order valence-corrected chi connectivity index (χ0v) is 15.1. The van der Waals surface area contributed by atoms with E-state index in [1.807, 2.05) is 0 Å². The average Bonchev–Trinajstić information content (AvgIpc) is 2.62. The summed E-state index contributed by atoms with van der Waals surface area (Å²) in [6.45, 7) is 1.60. The van der Waals surface area contributed by atoms with Gasteiger partial charge in [0.1, 0.15) is 5.82 Å². The molecule has 2 aromatic carbocycles. The monoisotopic (exact) mass is 398 g/mol. The Morgan fingerprint density at radius 3 is 2.39 bits per heavy atom. The van der Waals surface area contributed by atoms with E-state index in [4.69, 9.17) is 4.74 Å². The Morgan fingerprint density at radius 1 is 1.11 bits per heavy atom. The first kappa shape index (κ1) is 21.4. The summed E-state index contributed by atoms with van der Waals surface area (Å²) >= 11 is 0. The van der Waals surface area contributed by atoms with Gasteiger partial charge in [0.05, 0.1) is 29.3 Å². The number of benzene rings is 2. The predicted molar refractivity (Wildman–Crippen MR) is 95.5 cm³/mol. The number of nitrogens with one attached hydrogen (secondary N) is 2. The summed E-state index contributed by atoms with van der Waals surface area (Å²) in [6.07, 6.45) is -5.37. The fraction of sp³-hybridized carbons (Fsp3) is 0.263. The van der Waals surface area contributed by atoms with Crippen LogP contribution in [0.25, 0.3) is 0 Å². The molecule has 0 radical (unpaired) electrons. The summed E-state index contributed by atoms with van der Waals surface area (Å²) < 4.78 is 58.7. The minimum Gasteiger partial charge on any atom is -0.381 e. The van der Waals surface area contributed by atoms with Gasteiger partial charge in [-0.3, -0.25) is 9.59 Å². The lowest BCUT2D eigenvalue weighted by atomic mass is 10.1. The minimum atomic E-state index is -4.78. The van der Waals surface area contributed by atoms with Crippen molar-refractivity contribution in [3.63, 3.8) is 0 Å². The number of anilines is 2. The standard InChI is InChI=1S/C19H18F4N2O3/c1-11(28-2)9-17(26)25-16-8-7-12(10-14(16)19(21,22)23)24-18(27)13-5-3-4-6-15(13)20/h3-8,10-11H,9H2,1-2H3,(H,24,27)(H,25,26). The molecule has 28 heavy (non-hydrogen) atoms. The molecule has 0 saturated heterocycles. The summed E-state index contributed by atoms with van der Waals surface area (Å²) in [5, 5.41) is 4.41. The van der Waals surface area contributed by atoms with Crippen LogP contribution in [0.3, 0.4) is 0 Å². The highest BCUT2D eigenvalue weighted by atomic mass is 19.4. The summed E-state index contributed by atoms with van der Waals surface area (Å²) in [5.74, 6) is -2.34. The van der Waals surface area contributed by atoms with Crippen molar-refractivity contribution in [1.29, 1.82) is 0 Å². The van der Waals surface area contributed by atoms with Gasteiger partial charge in [0, 0.05) is 12.8 Å². The van der Waals surface area contributed by atoms with E-state index in [-0.39, 0.29) is 17.7 Å². The lowest BCUT2D eigenvalue weighted by Crippen LogP contribution is -2.21. The Balaban J connectivity index is 2.26. The molecule has 2 rings (SSSR count). The third-order valence-corrected chi connectivity index (χ3v) is 3.85. The van der Waals surface area contributed by atoms with Crippen LogP contribution in [0.4, 0.5) is 28.9 Å². The van der Waals surface area contributed by atoms with Gasteiger partial charge in [-0.25, -0.2) is 4.39 Å². The molecular weight excluding hydrogens is 380 g/mol. The highest BCUT2D eigenvalue weighted by molar-refractivity contribution is 6.04. The molecule has 1 atom stereocenters. The number of methoxy groups -OCH3 is 1. The van der Waals surface area contributed by atoms with Crippen molar-refractivity contribution < 1.29 is 31.9 Å². The van der Waals surface area contributed by atoms with E-state index in [2.05, 4.69) is 10.6 Å². The van der Waals surface area contributed by atoms with Gasteiger partial charge in [0.15, 0.2) is 0 Å². The van der Waals surface area contributed by atoms with E-state index in [0.717, 1.165) is 12.1 Å². The van der Waals surface area contributed by atoms with Gasteiger partial charge in [-0.15, -0.1) is 0 Å². The molecule has 5 nitrogen and oxygen atoms in total. The van der Waals surface area contributed by atoms with Gasteiger partial charge in [0.25, 0.3) is 5.91 Å². The normalized spacial score (nSPS) is 12.4. The number of hydrogen-bond donors (Lipinski definition) is 2. The lowest BCUT2D eigenvalue weighted by molar-refractivity contribution is -0.136. The molecular formula is C19H18F4N2O3. The molecule has 0 spiro atoms. The topological polar surface area (TPSA) is 67.4 Å². The minimum absolute atomic E-state index is 0.125. The molecule has 2 N–H and O–H groups in total. The van der Waals surface area contributed by atoms with Crippen LogP contribution in [0.1, 0.15) is 29.3 Å². The maximum absolute atomic E-state index is 13.7. The average molecular weight is 398 g/mol. The van der Waals surface area contributed by atoms with Gasteiger partial charge in [-0.1, -0.05) is 12.1 Å². The van der Waals surface area contributed by atoms with Crippen molar-refractivity contribution in [1.82, 2.24) is 0 Å². The van der Waals surface area contributed by atoms with Gasteiger partial charge in [-0.2, -0.15) is 13.2 Å². The second-order valence-electron chi connectivity index (χ2n) is 5.99. The number of halogens is 4. The number of ether oxygens (including phenoxy) is 1. The van der Waals surface area contributed by atoms with Crippen LogP contribution >= 0.6 is 0 Å². The van der Waals surface area contributed by atoms with Crippen molar-refractivity contribution >= 4 is 23.2 Å². The molecule has 9 heteroatoms. The summed E-state index contributed by atoms with van der Waals surface area (Å²) in [4.78, 5) is 24.0. The van der Waals surface area contributed by atoms with E-state index in [9.17, 15) is 27.2 Å². The molecule has 0 aliphatic carbocycles. The fourth-order valence-electron chi connectivity index (χ4n) is 2.35. The van der Waals surface area contributed by atoms with Crippen LogP contribution in [0.2, 0.25) is 0 Å². The largest absolute Gasteiger partial charge is 0.418 e. The van der Waals surface area contributed by atoms with Crippen molar-refractivity contribution in [2.75, 3.05) is 17.7 Å². The second kappa shape index (κ2) is 8.83. The van der Waals surface area contributed by atoms with E-state index < -0.39 is 41.2 Å². The van der Waals surface area contributed by atoms with Crippen LogP contribution in [0, 0.1) is 5.82 Å². The Hall–Kier alpha value is -2.94. The Kier molecular flexibility index (Phi) is 6.74. The number of amides is 2. The molecule has 2 aromatic rings. The maximum atomic E-state index is 13.7. The summed E-state index contributed by atoms with van der Waals surface area (Å²) in [6, 6.07) is 7.97. The van der Waals surface area contributed by atoms with Gasteiger partial charge >= 0.3 is 6.18 Å². The third-order valence-electron chi connectivity index (χ3n) is 3.85. The second-order valence-corrected chi connectivity index (χ2v) is 5.99. The number of rotatable bonds is 6. The van der Waals surface area contributed by atoms with Crippen LogP contribution < -0.4 is 10.6 Å². The lowest BCUT2D eigenvalue weighted by Gasteiger charge is -2.17. The number of carbonyl (C=O) groups is 2. The summed E-state index contributed by atoms with van der Waals surface area (Å²) in [5.41, 5.74) is -2.09. The number of alkyl halides is 3. The van der Waals surface area contributed by atoms with Crippen molar-refractivity contribution in [2.24, 2.45) is 0 Å². The van der Waals surface area contributed by atoms with Crippen LogP contribution in [-0.4, -0.2) is 25.0 Å². The molecule has 150 valence electrons. The van der Waals surface area contributed by atoms with Gasteiger partial charge < -0.3 is 15.4 Å². The first-order chi connectivity index (χ1) is 13.1. The van der Waals surface area contributed by atoms with Gasteiger partial charge in [0.2, 0.25) is 5.91 Å². The molecule has 0 bridgehead atoms. The molecule has 0 saturated carbocycles. The Bertz CT molecular complexity index is 868. The van der Waals surface area contributed by atoms with Crippen LogP contribution in [0.15, 0.2) is 42.5 Å². The number of carbonyl (C=O) groups excluding carboxylic acids is 2. The smallest absolute Gasteiger partial charge is 0.381 e. The van der Waals surface area contributed by atoms with E-state index in [1.54, 1.807) is 6.92 Å². The van der Waals surface area contributed by atoms with Gasteiger partial charge in [-0.05, 0) is 37.3 Å². The maximum Gasteiger partial charge on any atom is 0.418 e. The zero-order chi connectivity index (χ0) is 20.9. The van der Waals surface area contributed by atoms with E-state index >= 15 is 0 Å². The Morgan fingerprint density at radius 2 is 1.79 bits per heavy atom. The van der Waals surface area contributed by atoms with Crippen LogP contribution in [-0.2, 0) is 15.7 Å². The van der Waals surface area contributed by atoms with Crippen molar-refractivity contribution in [3.8, 4) is 0 Å². The predicted octanol–water partition coefficient (Wildman–Crippen LogP) is 4.46. The molecule has 0 heterocycles.